The van der Waals surface area contributed by atoms with Gasteiger partial charge in [0.15, 0.2) is 6.10 Å². The Balaban J connectivity index is 1.70. The molecule has 2 aliphatic carbocycles. The van der Waals surface area contributed by atoms with Crippen LogP contribution in [0.1, 0.15) is 43.6 Å². The lowest BCUT2D eigenvalue weighted by Crippen LogP contribution is -2.69. The average molecular weight is 477 g/mol. The molecular weight excluding hydrogens is 447 g/mol. The lowest BCUT2D eigenvalue weighted by molar-refractivity contribution is -0.214. The van der Waals surface area contributed by atoms with Crippen LogP contribution >= 0.6 is 0 Å². The van der Waals surface area contributed by atoms with E-state index in [0.29, 0.717) is 45.6 Å². The molecule has 34 heavy (non-hydrogen) atoms. The summed E-state index contributed by atoms with van der Waals surface area (Å²) in [6.07, 6.45) is -0.598. The number of aliphatic hydroxyl groups is 2. The van der Waals surface area contributed by atoms with Gasteiger partial charge in [0, 0.05) is 30.8 Å². The number of hydrogen-bond acceptors (Lipinski definition) is 7. The number of morpholine rings is 1. The normalized spacial score (nSPS) is 35.3. The van der Waals surface area contributed by atoms with Crippen molar-refractivity contribution in [2.45, 2.75) is 55.3 Å². The fraction of sp³-hybridized carbons (Fsp3) is 0.625. The van der Waals surface area contributed by atoms with E-state index in [1.54, 1.807) is 12.1 Å². The van der Waals surface area contributed by atoms with Crippen molar-refractivity contribution in [1.82, 2.24) is 4.90 Å². The SMILES string of the molecule is O=C(O)C(O)C(O)(C(=O)O)C12CCC(C1)C(c1ccc(F)cc1)C21CCC(N2CCOCC2)=N1. The van der Waals surface area contributed by atoms with Gasteiger partial charge in [-0.2, -0.15) is 0 Å². The molecule has 2 bridgehead atoms. The Morgan fingerprint density at radius 3 is 2.47 bits per heavy atom. The summed E-state index contributed by atoms with van der Waals surface area (Å²) < 4.78 is 19.2. The molecule has 1 aromatic rings. The summed E-state index contributed by atoms with van der Waals surface area (Å²) in [5, 5.41) is 42.0. The second kappa shape index (κ2) is 8.00. The summed E-state index contributed by atoms with van der Waals surface area (Å²) in [4.78, 5) is 31.6. The number of carbonyl (C=O) groups is 2. The first-order valence-electron chi connectivity index (χ1n) is 11.7. The second-order valence-electron chi connectivity index (χ2n) is 9.98. The first-order valence-corrected chi connectivity index (χ1v) is 11.7. The molecule has 10 heteroatoms. The second-order valence-corrected chi connectivity index (χ2v) is 9.98. The Morgan fingerprint density at radius 1 is 1.18 bits per heavy atom. The summed E-state index contributed by atoms with van der Waals surface area (Å²) in [6.45, 7) is 2.34. The lowest BCUT2D eigenvalue weighted by atomic mass is 9.54. The first-order chi connectivity index (χ1) is 16.2. The minimum Gasteiger partial charge on any atom is -0.479 e. The number of benzene rings is 1. The molecule has 4 N–H and O–H groups in total. The van der Waals surface area contributed by atoms with Gasteiger partial charge in [-0.25, -0.2) is 14.0 Å². The molecule has 2 aliphatic heterocycles. The minimum absolute atomic E-state index is 0.0925. The first kappa shape index (κ1) is 23.2. The molecule has 4 aliphatic rings. The number of carboxylic acids is 2. The van der Waals surface area contributed by atoms with Crippen molar-refractivity contribution in [2.24, 2.45) is 16.3 Å². The summed E-state index contributed by atoms with van der Waals surface area (Å²) in [5.41, 5.74) is -4.81. The van der Waals surface area contributed by atoms with Gasteiger partial charge in [0.05, 0.1) is 24.6 Å². The van der Waals surface area contributed by atoms with E-state index in [-0.39, 0.29) is 24.7 Å². The number of halogens is 1. The highest BCUT2D eigenvalue weighted by atomic mass is 19.1. The zero-order chi connectivity index (χ0) is 24.3. The van der Waals surface area contributed by atoms with Gasteiger partial charge >= 0.3 is 11.9 Å². The summed E-state index contributed by atoms with van der Waals surface area (Å²) in [6, 6.07) is 6.01. The number of hydrogen-bond donors (Lipinski definition) is 4. The van der Waals surface area contributed by atoms with Crippen molar-refractivity contribution in [3.63, 3.8) is 0 Å². The van der Waals surface area contributed by atoms with Crippen LogP contribution in [0.4, 0.5) is 4.39 Å². The van der Waals surface area contributed by atoms with Gasteiger partial charge in [0.1, 0.15) is 5.82 Å². The van der Waals surface area contributed by atoms with Crippen LogP contribution in [0.3, 0.4) is 0 Å². The van der Waals surface area contributed by atoms with Crippen LogP contribution in [0.25, 0.3) is 0 Å². The molecule has 5 rings (SSSR count). The summed E-state index contributed by atoms with van der Waals surface area (Å²) in [5.74, 6) is -3.61. The monoisotopic (exact) mass is 476 g/mol. The molecule has 1 saturated heterocycles. The van der Waals surface area contributed by atoms with E-state index in [9.17, 15) is 34.4 Å². The smallest absolute Gasteiger partial charge is 0.339 e. The highest BCUT2D eigenvalue weighted by molar-refractivity contribution is 5.90. The Bertz CT molecular complexity index is 1030. The maximum absolute atomic E-state index is 13.7. The molecule has 0 amide bonds. The minimum atomic E-state index is -2.94. The van der Waals surface area contributed by atoms with Crippen LogP contribution in [0, 0.1) is 17.2 Å². The number of nitrogens with zero attached hydrogens (tertiary/aromatic N) is 2. The number of amidine groups is 1. The number of aliphatic carboxylic acids is 2. The molecule has 184 valence electrons. The van der Waals surface area contributed by atoms with Crippen LogP contribution in [0.5, 0.6) is 0 Å². The Hall–Kier alpha value is -2.56. The quantitative estimate of drug-likeness (QED) is 0.498. The van der Waals surface area contributed by atoms with Gasteiger partial charge < -0.3 is 30.1 Å². The standard InChI is InChI=1S/C24H29FN2O7/c25-16-3-1-14(2-4-16)18-15-5-7-22(13-15,24(33,21(31)32)19(28)20(29)30)23(18)8-6-17(26-23)27-9-11-34-12-10-27/h1-4,15,18-19,28,33H,5-13H2,(H,29,30)(H,31,32). The van der Waals surface area contributed by atoms with Gasteiger partial charge in [0.2, 0.25) is 5.60 Å². The van der Waals surface area contributed by atoms with Gasteiger partial charge in [-0.05, 0) is 49.3 Å². The van der Waals surface area contributed by atoms with Crippen LogP contribution in [-0.2, 0) is 14.3 Å². The van der Waals surface area contributed by atoms with E-state index in [2.05, 4.69) is 4.90 Å². The van der Waals surface area contributed by atoms with E-state index >= 15 is 0 Å². The zero-order valence-electron chi connectivity index (χ0n) is 18.7. The molecule has 2 saturated carbocycles. The van der Waals surface area contributed by atoms with Crippen LogP contribution < -0.4 is 0 Å². The summed E-state index contributed by atoms with van der Waals surface area (Å²) >= 11 is 0. The Labute approximate surface area is 195 Å². The van der Waals surface area contributed by atoms with E-state index in [1.165, 1.54) is 12.1 Å². The molecule has 2 heterocycles. The van der Waals surface area contributed by atoms with Crippen molar-refractivity contribution in [3.8, 4) is 0 Å². The molecule has 1 spiro atoms. The van der Waals surface area contributed by atoms with Crippen molar-refractivity contribution < 1.29 is 39.1 Å². The van der Waals surface area contributed by atoms with Crippen LogP contribution in [0.2, 0.25) is 0 Å². The van der Waals surface area contributed by atoms with Crippen LogP contribution in [0.15, 0.2) is 29.3 Å². The third-order valence-corrected chi connectivity index (χ3v) is 8.72. The van der Waals surface area contributed by atoms with E-state index in [1.807, 2.05) is 0 Å². The average Bonchev–Trinajstić information content (AvgIpc) is 3.53. The van der Waals surface area contributed by atoms with E-state index in [0.717, 1.165) is 11.4 Å². The van der Waals surface area contributed by atoms with Crippen LogP contribution in [-0.4, -0.2) is 86.6 Å². The molecule has 9 nitrogen and oxygen atoms in total. The molecule has 0 radical (unpaired) electrons. The molecule has 6 unspecified atom stereocenters. The third-order valence-electron chi connectivity index (χ3n) is 8.72. The predicted molar refractivity (Wildman–Crippen MR) is 117 cm³/mol. The van der Waals surface area contributed by atoms with Gasteiger partial charge in [-0.15, -0.1) is 0 Å². The van der Waals surface area contributed by atoms with E-state index in [4.69, 9.17) is 9.73 Å². The Morgan fingerprint density at radius 2 is 1.85 bits per heavy atom. The molecule has 3 fully saturated rings. The number of ether oxygens (including phenoxy) is 1. The van der Waals surface area contributed by atoms with Gasteiger partial charge in [0.25, 0.3) is 0 Å². The number of aliphatic imine (C=N–C) groups is 1. The van der Waals surface area contributed by atoms with Crippen molar-refractivity contribution in [1.29, 1.82) is 0 Å². The van der Waals surface area contributed by atoms with Crippen molar-refractivity contribution in [2.75, 3.05) is 26.3 Å². The molecule has 0 aromatic heterocycles. The number of carboxylic acid groups (broad SMARTS) is 2. The zero-order valence-corrected chi connectivity index (χ0v) is 18.7. The Kier molecular flexibility index (Phi) is 5.46. The third kappa shape index (κ3) is 2.98. The molecule has 1 aromatic carbocycles. The number of aliphatic hydroxyl groups excluding tert-OH is 1. The fourth-order valence-electron chi connectivity index (χ4n) is 7.37. The highest BCUT2D eigenvalue weighted by Crippen LogP contribution is 2.73. The maximum Gasteiger partial charge on any atom is 0.339 e. The number of rotatable bonds is 5. The van der Waals surface area contributed by atoms with Crippen molar-refractivity contribution >= 4 is 17.8 Å². The lowest BCUT2D eigenvalue weighted by Gasteiger charge is -2.53. The predicted octanol–water partition coefficient (Wildman–Crippen LogP) is 1.23. The van der Waals surface area contributed by atoms with Gasteiger partial charge in [-0.3, -0.25) is 4.99 Å². The maximum atomic E-state index is 13.7. The molecule has 6 atom stereocenters. The number of fused-ring (bicyclic) bond motifs is 3. The topological polar surface area (TPSA) is 140 Å². The van der Waals surface area contributed by atoms with E-state index < -0.39 is 40.4 Å². The largest absolute Gasteiger partial charge is 0.479 e. The van der Waals surface area contributed by atoms with Crippen molar-refractivity contribution in [3.05, 3.63) is 35.6 Å². The molecular formula is C24H29FN2O7. The summed E-state index contributed by atoms with van der Waals surface area (Å²) in [7, 11) is 0. The fourth-order valence-corrected chi connectivity index (χ4v) is 7.37. The van der Waals surface area contributed by atoms with Gasteiger partial charge in [-0.1, -0.05) is 12.1 Å². The highest BCUT2D eigenvalue weighted by Gasteiger charge is 2.79.